The fourth-order valence-corrected chi connectivity index (χ4v) is 4.80. The van der Waals surface area contributed by atoms with Crippen molar-refractivity contribution in [1.29, 1.82) is 0 Å². The molecular weight excluding hydrogens is 472 g/mol. The van der Waals surface area contributed by atoms with Gasteiger partial charge in [0.1, 0.15) is 6.54 Å². The minimum atomic E-state index is -3.99. The standard InChI is InChI=1S/C25H36N2O5S2/c1-7-8-15-27-23-13-12-21(33(28)29)18-22(23)25(4,5)24(27)14-10-19(2)9-11-20(3)26(6)16-17-34(30,31)32/h9-14,18H,7-8,15-17H2,1-6H3,(H-,28,29,30,31,32)/p+1. The Morgan fingerprint density at radius 1 is 1.24 bits per heavy atom. The number of allylic oxidation sites excluding steroid dienone is 6. The van der Waals surface area contributed by atoms with E-state index in [1.54, 1.807) is 18.0 Å². The smallest absolute Gasteiger partial charge is 0.266 e. The molecule has 0 bridgehead atoms. The van der Waals surface area contributed by atoms with E-state index < -0.39 is 21.2 Å². The molecule has 0 fully saturated rings. The van der Waals surface area contributed by atoms with Gasteiger partial charge in [0.05, 0.1) is 16.1 Å². The van der Waals surface area contributed by atoms with Gasteiger partial charge >= 0.3 is 0 Å². The average Bonchev–Trinajstić information content (AvgIpc) is 2.97. The maximum absolute atomic E-state index is 11.6. The summed E-state index contributed by atoms with van der Waals surface area (Å²) in [7, 11) is -2.21. The molecule has 188 valence electrons. The molecule has 0 aliphatic carbocycles. The molecule has 1 heterocycles. The Balaban J connectivity index is 2.32. The third-order valence-corrected chi connectivity index (χ3v) is 7.53. The Hall–Kier alpha value is -2.07. The molecule has 34 heavy (non-hydrogen) atoms. The first kappa shape index (κ1) is 28.2. The van der Waals surface area contributed by atoms with Crippen molar-refractivity contribution in [3.05, 3.63) is 59.3 Å². The quantitative estimate of drug-likeness (QED) is 0.195. The molecular formula is C25H37N2O5S2+. The maximum Gasteiger partial charge on any atom is 0.266 e. The fraction of sp³-hybridized carbons (Fsp3) is 0.480. The lowest BCUT2D eigenvalue weighted by Crippen LogP contribution is -2.28. The van der Waals surface area contributed by atoms with Crippen LogP contribution in [0.15, 0.2) is 58.7 Å². The van der Waals surface area contributed by atoms with Gasteiger partial charge in [0, 0.05) is 43.4 Å². The summed E-state index contributed by atoms with van der Waals surface area (Å²) in [6, 6.07) is 5.49. The Labute approximate surface area is 206 Å². The molecule has 0 amide bonds. The third kappa shape index (κ3) is 7.21. The highest BCUT2D eigenvalue weighted by Gasteiger charge is 2.44. The van der Waals surface area contributed by atoms with E-state index in [-0.39, 0.29) is 17.7 Å². The van der Waals surface area contributed by atoms with E-state index in [4.69, 9.17) is 4.55 Å². The van der Waals surface area contributed by atoms with Crippen molar-refractivity contribution in [2.45, 2.75) is 57.8 Å². The number of hydrogen-bond donors (Lipinski definition) is 2. The molecule has 1 unspecified atom stereocenters. The second-order valence-corrected chi connectivity index (χ2v) is 11.7. The van der Waals surface area contributed by atoms with Crippen LogP contribution >= 0.6 is 0 Å². The predicted octanol–water partition coefficient (Wildman–Crippen LogP) is 4.67. The van der Waals surface area contributed by atoms with Crippen LogP contribution in [0.4, 0.5) is 5.69 Å². The molecule has 1 aliphatic heterocycles. The Kier molecular flexibility index (Phi) is 9.59. The fourth-order valence-electron chi connectivity index (χ4n) is 3.89. The minimum absolute atomic E-state index is 0.210. The normalized spacial score (nSPS) is 17.4. The first-order chi connectivity index (χ1) is 15.8. The number of rotatable bonds is 11. The third-order valence-electron chi connectivity index (χ3n) is 6.18. The van der Waals surface area contributed by atoms with Crippen LogP contribution in [0.2, 0.25) is 0 Å². The topological polar surface area (TPSA) is 97.9 Å². The molecule has 0 saturated heterocycles. The summed E-state index contributed by atoms with van der Waals surface area (Å²) in [5.74, 6) is -0.315. The monoisotopic (exact) mass is 509 g/mol. The lowest BCUT2D eigenvalue weighted by atomic mass is 9.81. The number of nitrogens with zero attached hydrogens (tertiary/aromatic N) is 2. The summed E-state index contributed by atoms with van der Waals surface area (Å²) < 4.78 is 54.4. The summed E-state index contributed by atoms with van der Waals surface area (Å²) in [5.41, 5.74) is 4.83. The number of fused-ring (bicyclic) bond motifs is 1. The molecule has 1 atom stereocenters. The second kappa shape index (κ2) is 11.6. The lowest BCUT2D eigenvalue weighted by molar-refractivity contribution is -0.438. The molecule has 2 rings (SSSR count). The predicted molar refractivity (Wildman–Crippen MR) is 139 cm³/mol. The lowest BCUT2D eigenvalue weighted by Gasteiger charge is -2.18. The number of unbranched alkanes of at least 4 members (excludes halogenated alkanes) is 1. The van der Waals surface area contributed by atoms with Gasteiger partial charge in [0.2, 0.25) is 5.69 Å². The molecule has 1 aromatic carbocycles. The summed E-state index contributed by atoms with van der Waals surface area (Å²) in [5, 5.41) is 0. The zero-order chi connectivity index (χ0) is 25.7. The SMILES string of the molecule is CCCC[N+]1=C(/C=C/C(C)=C/C=C(\C)N(C)CCS(=O)(=O)O)C(C)(C)c2cc(S(=O)O)ccc21. The molecule has 0 aromatic heterocycles. The van der Waals surface area contributed by atoms with Gasteiger partial charge in [-0.1, -0.05) is 31.1 Å². The van der Waals surface area contributed by atoms with E-state index in [1.165, 1.54) is 0 Å². The minimum Gasteiger partial charge on any atom is -0.377 e. The Morgan fingerprint density at radius 2 is 1.91 bits per heavy atom. The van der Waals surface area contributed by atoms with Gasteiger partial charge in [-0.15, -0.1) is 0 Å². The second-order valence-electron chi connectivity index (χ2n) is 9.20. The molecule has 1 aliphatic rings. The van der Waals surface area contributed by atoms with Crippen LogP contribution in [0.1, 0.15) is 53.0 Å². The summed E-state index contributed by atoms with van der Waals surface area (Å²) >= 11 is -2.02. The van der Waals surface area contributed by atoms with Gasteiger partial charge in [-0.05, 0) is 45.9 Å². The van der Waals surface area contributed by atoms with Gasteiger partial charge in [0.25, 0.3) is 10.1 Å². The van der Waals surface area contributed by atoms with Gasteiger partial charge < -0.3 is 9.45 Å². The largest absolute Gasteiger partial charge is 0.377 e. The van der Waals surface area contributed by atoms with E-state index in [1.807, 2.05) is 38.1 Å². The molecule has 7 nitrogen and oxygen atoms in total. The number of benzene rings is 1. The average molecular weight is 510 g/mol. The van der Waals surface area contributed by atoms with E-state index in [0.29, 0.717) is 4.90 Å². The Bertz CT molecular complexity index is 1160. The van der Waals surface area contributed by atoms with E-state index in [0.717, 1.165) is 47.6 Å². The first-order valence-corrected chi connectivity index (χ1v) is 14.1. The van der Waals surface area contributed by atoms with Crippen LogP contribution in [0.25, 0.3) is 0 Å². The van der Waals surface area contributed by atoms with Crippen LogP contribution in [0.5, 0.6) is 0 Å². The summed E-state index contributed by atoms with van der Waals surface area (Å²) in [4.78, 5) is 2.18. The van der Waals surface area contributed by atoms with Crippen molar-refractivity contribution < 1.29 is 26.3 Å². The van der Waals surface area contributed by atoms with Crippen molar-refractivity contribution in [3.8, 4) is 0 Å². The van der Waals surface area contributed by atoms with E-state index in [9.17, 15) is 17.2 Å². The maximum atomic E-state index is 11.6. The highest BCUT2D eigenvalue weighted by Crippen LogP contribution is 2.41. The van der Waals surface area contributed by atoms with Crippen molar-refractivity contribution in [2.75, 3.05) is 25.9 Å². The van der Waals surface area contributed by atoms with Crippen LogP contribution in [-0.4, -0.2) is 62.8 Å². The van der Waals surface area contributed by atoms with E-state index in [2.05, 4.69) is 37.5 Å². The van der Waals surface area contributed by atoms with Crippen molar-refractivity contribution in [3.63, 3.8) is 0 Å². The molecule has 0 saturated carbocycles. The zero-order valence-electron chi connectivity index (χ0n) is 20.9. The van der Waals surface area contributed by atoms with Crippen LogP contribution in [0, 0.1) is 0 Å². The highest BCUT2D eigenvalue weighted by molar-refractivity contribution is 7.85. The molecule has 0 spiro atoms. The van der Waals surface area contributed by atoms with Gasteiger partial charge in [-0.25, -0.2) is 4.21 Å². The van der Waals surface area contributed by atoms with Gasteiger partial charge in [-0.2, -0.15) is 13.0 Å². The molecule has 0 radical (unpaired) electrons. The highest BCUT2D eigenvalue weighted by atomic mass is 32.2. The molecule has 2 N–H and O–H groups in total. The van der Waals surface area contributed by atoms with Crippen molar-refractivity contribution in [1.82, 2.24) is 4.90 Å². The van der Waals surface area contributed by atoms with Gasteiger partial charge in [0.15, 0.2) is 16.8 Å². The first-order valence-electron chi connectivity index (χ1n) is 11.4. The van der Waals surface area contributed by atoms with Crippen LogP contribution in [0.3, 0.4) is 0 Å². The summed E-state index contributed by atoms with van der Waals surface area (Å²) in [6.07, 6.45) is 10.1. The van der Waals surface area contributed by atoms with Crippen LogP contribution < -0.4 is 0 Å². The number of hydrogen-bond acceptors (Lipinski definition) is 4. The zero-order valence-corrected chi connectivity index (χ0v) is 22.5. The summed E-state index contributed by atoms with van der Waals surface area (Å²) in [6.45, 7) is 11.4. The van der Waals surface area contributed by atoms with E-state index >= 15 is 0 Å². The van der Waals surface area contributed by atoms with Crippen molar-refractivity contribution >= 4 is 32.6 Å². The molecule has 9 heteroatoms. The Morgan fingerprint density at radius 3 is 2.50 bits per heavy atom. The van der Waals surface area contributed by atoms with Crippen molar-refractivity contribution in [2.24, 2.45) is 0 Å². The van der Waals surface area contributed by atoms with Crippen LogP contribution in [-0.2, 0) is 26.6 Å². The van der Waals surface area contributed by atoms with Gasteiger partial charge in [-0.3, -0.25) is 4.55 Å². The molecule has 1 aromatic rings.